The van der Waals surface area contributed by atoms with Gasteiger partial charge in [0.15, 0.2) is 0 Å². The van der Waals surface area contributed by atoms with Crippen LogP contribution in [-0.4, -0.2) is 43.5 Å². The van der Waals surface area contributed by atoms with Crippen molar-refractivity contribution in [1.29, 1.82) is 0 Å². The van der Waals surface area contributed by atoms with E-state index < -0.39 is 0 Å². The van der Waals surface area contributed by atoms with Crippen LogP contribution in [0, 0.1) is 18.8 Å². The molecule has 7 heteroatoms. The van der Waals surface area contributed by atoms with E-state index in [1.165, 1.54) is 0 Å². The quantitative estimate of drug-likeness (QED) is 0.590. The molecular formula is C23H23N3O4. The first kappa shape index (κ1) is 20.8. The van der Waals surface area contributed by atoms with E-state index in [9.17, 15) is 4.79 Å². The third-order valence-corrected chi connectivity index (χ3v) is 4.36. The van der Waals surface area contributed by atoms with Gasteiger partial charge in [0.25, 0.3) is 5.91 Å². The molecule has 2 N–H and O–H groups in total. The lowest BCUT2D eigenvalue weighted by Gasteiger charge is -2.08. The van der Waals surface area contributed by atoms with Gasteiger partial charge in [0, 0.05) is 5.56 Å². The van der Waals surface area contributed by atoms with Gasteiger partial charge >= 0.3 is 0 Å². The Bertz CT molecular complexity index is 1080. The number of para-hydroxylation sites is 1. The van der Waals surface area contributed by atoms with Crippen LogP contribution in [0.5, 0.6) is 17.2 Å². The smallest absolute Gasteiger partial charge is 0.270 e. The fourth-order valence-corrected chi connectivity index (χ4v) is 2.76. The normalized spacial score (nSPS) is 9.97. The zero-order valence-electron chi connectivity index (χ0n) is 17.1. The minimum Gasteiger partial charge on any atom is -0.497 e. The second kappa shape index (κ2) is 10.0. The zero-order valence-corrected chi connectivity index (χ0v) is 17.1. The molecule has 0 fully saturated rings. The molecule has 2 aromatic carbocycles. The van der Waals surface area contributed by atoms with Crippen LogP contribution in [-0.2, 0) is 0 Å². The molecule has 0 saturated heterocycles. The van der Waals surface area contributed by atoms with Crippen molar-refractivity contribution < 1.29 is 19.0 Å². The summed E-state index contributed by atoms with van der Waals surface area (Å²) in [5.74, 6) is 7.55. The molecule has 0 unspecified atom stereocenters. The number of aromatic nitrogens is 2. The van der Waals surface area contributed by atoms with Gasteiger partial charge in [0.1, 0.15) is 29.5 Å². The summed E-state index contributed by atoms with van der Waals surface area (Å²) in [5, 5.41) is 9.68. The molecule has 0 atom stereocenters. The van der Waals surface area contributed by atoms with Gasteiger partial charge in [-0.05, 0) is 42.8 Å². The van der Waals surface area contributed by atoms with Gasteiger partial charge in [-0.3, -0.25) is 9.89 Å². The van der Waals surface area contributed by atoms with Crippen LogP contribution >= 0.6 is 0 Å². The summed E-state index contributed by atoms with van der Waals surface area (Å²) >= 11 is 0. The molecule has 0 aliphatic rings. The number of H-pyrrole nitrogens is 1. The molecule has 0 saturated carbocycles. The number of hydrogen-bond donors (Lipinski definition) is 2. The highest BCUT2D eigenvalue weighted by atomic mass is 16.5. The molecule has 30 heavy (non-hydrogen) atoms. The minimum atomic E-state index is -0.301. The van der Waals surface area contributed by atoms with E-state index >= 15 is 0 Å². The average Bonchev–Trinajstić information content (AvgIpc) is 3.27. The van der Waals surface area contributed by atoms with Gasteiger partial charge in [-0.2, -0.15) is 5.10 Å². The standard InChI is InChI=1S/C23H23N3O4/c1-16-8-4-5-9-21(16)30-13-7-6-12-24-23(27)20-15-19(25-26-20)18-14-17(28-2)10-11-22(18)29-3/h4-5,8-11,14-15H,12-13H2,1-3H3,(H,24,27)(H,25,26). The number of rotatable bonds is 7. The van der Waals surface area contributed by atoms with Crippen molar-refractivity contribution in [2.75, 3.05) is 27.4 Å². The van der Waals surface area contributed by atoms with Gasteiger partial charge in [0.05, 0.1) is 26.5 Å². The number of aryl methyl sites for hydroxylation is 1. The molecule has 1 amide bonds. The maximum atomic E-state index is 12.3. The predicted molar refractivity (Wildman–Crippen MR) is 114 cm³/mol. The molecule has 0 spiro atoms. The van der Waals surface area contributed by atoms with Crippen LogP contribution in [0.3, 0.4) is 0 Å². The number of hydrogen-bond acceptors (Lipinski definition) is 5. The van der Waals surface area contributed by atoms with E-state index in [0.717, 1.165) is 16.9 Å². The second-order valence-electron chi connectivity index (χ2n) is 6.32. The Morgan fingerprint density at radius 1 is 1.07 bits per heavy atom. The van der Waals surface area contributed by atoms with Crippen molar-refractivity contribution in [2.24, 2.45) is 0 Å². The number of nitrogens with one attached hydrogen (secondary N) is 2. The van der Waals surface area contributed by atoms with E-state index in [0.29, 0.717) is 22.9 Å². The fourth-order valence-electron chi connectivity index (χ4n) is 2.76. The topological polar surface area (TPSA) is 85.5 Å². The number of ether oxygens (including phenoxy) is 3. The molecule has 3 aromatic rings. The summed E-state index contributed by atoms with van der Waals surface area (Å²) in [5.41, 5.74) is 2.68. The lowest BCUT2D eigenvalue weighted by molar-refractivity contribution is 0.0953. The van der Waals surface area contributed by atoms with Crippen LogP contribution in [0.1, 0.15) is 16.1 Å². The van der Waals surface area contributed by atoms with E-state index in [1.54, 1.807) is 38.5 Å². The highest BCUT2D eigenvalue weighted by Gasteiger charge is 2.14. The zero-order chi connectivity index (χ0) is 21.3. The summed E-state index contributed by atoms with van der Waals surface area (Å²) in [6, 6.07) is 14.8. The summed E-state index contributed by atoms with van der Waals surface area (Å²) in [7, 11) is 3.16. The van der Waals surface area contributed by atoms with Crippen LogP contribution in [0.15, 0.2) is 48.5 Å². The maximum Gasteiger partial charge on any atom is 0.270 e. The summed E-state index contributed by atoms with van der Waals surface area (Å²) < 4.78 is 16.2. The Morgan fingerprint density at radius 2 is 1.90 bits per heavy atom. The highest BCUT2D eigenvalue weighted by molar-refractivity contribution is 5.93. The summed E-state index contributed by atoms with van der Waals surface area (Å²) in [6.07, 6.45) is 0. The molecular weight excluding hydrogens is 382 g/mol. The number of amides is 1. The van der Waals surface area contributed by atoms with E-state index in [4.69, 9.17) is 14.2 Å². The van der Waals surface area contributed by atoms with Crippen molar-refractivity contribution >= 4 is 5.91 Å². The second-order valence-corrected chi connectivity index (χ2v) is 6.32. The van der Waals surface area contributed by atoms with E-state index in [1.807, 2.05) is 31.2 Å². The summed E-state index contributed by atoms with van der Waals surface area (Å²) in [4.78, 5) is 12.3. The number of carbonyl (C=O) groups is 1. The van der Waals surface area contributed by atoms with Crippen LogP contribution in [0.2, 0.25) is 0 Å². The van der Waals surface area contributed by atoms with Crippen molar-refractivity contribution in [3.05, 3.63) is 59.8 Å². The van der Waals surface area contributed by atoms with Gasteiger partial charge in [-0.1, -0.05) is 30.0 Å². The molecule has 0 radical (unpaired) electrons. The minimum absolute atomic E-state index is 0.201. The van der Waals surface area contributed by atoms with Crippen molar-refractivity contribution in [2.45, 2.75) is 6.92 Å². The highest BCUT2D eigenvalue weighted by Crippen LogP contribution is 2.32. The largest absolute Gasteiger partial charge is 0.497 e. The Balaban J connectivity index is 1.56. The van der Waals surface area contributed by atoms with E-state index in [2.05, 4.69) is 27.4 Å². The Morgan fingerprint density at radius 3 is 2.67 bits per heavy atom. The number of carbonyl (C=O) groups excluding carboxylic acids is 1. The van der Waals surface area contributed by atoms with Gasteiger partial charge in [0.2, 0.25) is 0 Å². The fraction of sp³-hybridized carbons (Fsp3) is 0.217. The first-order chi connectivity index (χ1) is 14.6. The van der Waals surface area contributed by atoms with Crippen LogP contribution in [0.25, 0.3) is 11.3 Å². The molecule has 0 aliphatic heterocycles. The molecule has 3 rings (SSSR count). The Labute approximate surface area is 175 Å². The Kier molecular flexibility index (Phi) is 6.95. The SMILES string of the molecule is COc1ccc(OC)c(-c2cc(C(=O)NCC#CCOc3ccccc3C)[nH]n2)c1. The maximum absolute atomic E-state index is 12.3. The molecule has 7 nitrogen and oxygen atoms in total. The third-order valence-electron chi connectivity index (χ3n) is 4.36. The van der Waals surface area contributed by atoms with Crippen LogP contribution in [0.4, 0.5) is 0 Å². The van der Waals surface area contributed by atoms with Gasteiger partial charge < -0.3 is 19.5 Å². The molecule has 0 aliphatic carbocycles. The van der Waals surface area contributed by atoms with Crippen molar-refractivity contribution in [3.63, 3.8) is 0 Å². The number of methoxy groups -OCH3 is 2. The molecule has 1 heterocycles. The van der Waals surface area contributed by atoms with Crippen LogP contribution < -0.4 is 19.5 Å². The first-order valence-electron chi connectivity index (χ1n) is 9.32. The molecule has 1 aromatic heterocycles. The molecule has 0 bridgehead atoms. The molecule has 154 valence electrons. The third kappa shape index (κ3) is 5.11. The average molecular weight is 405 g/mol. The van der Waals surface area contributed by atoms with E-state index in [-0.39, 0.29) is 19.1 Å². The summed E-state index contributed by atoms with van der Waals surface area (Å²) in [6.45, 7) is 2.43. The van der Waals surface area contributed by atoms with Gasteiger partial charge in [-0.25, -0.2) is 0 Å². The van der Waals surface area contributed by atoms with Crippen molar-refractivity contribution in [1.82, 2.24) is 15.5 Å². The first-order valence-corrected chi connectivity index (χ1v) is 9.32. The van der Waals surface area contributed by atoms with Gasteiger partial charge in [-0.15, -0.1) is 0 Å². The predicted octanol–water partition coefficient (Wildman–Crippen LogP) is 3.21. The Hall–Kier alpha value is -3.92. The number of benzene rings is 2. The van der Waals surface area contributed by atoms with Crippen molar-refractivity contribution in [3.8, 4) is 40.3 Å². The lowest BCUT2D eigenvalue weighted by atomic mass is 10.1. The number of nitrogens with zero attached hydrogens (tertiary/aromatic N) is 1. The number of aromatic amines is 1. The lowest BCUT2D eigenvalue weighted by Crippen LogP contribution is -2.24. The monoisotopic (exact) mass is 405 g/mol.